The van der Waals surface area contributed by atoms with Gasteiger partial charge in [0.05, 0.1) is 24.7 Å². The molecular formula is C18H21NO6. The van der Waals surface area contributed by atoms with E-state index in [1.165, 1.54) is 0 Å². The molecule has 7 nitrogen and oxygen atoms in total. The predicted octanol–water partition coefficient (Wildman–Crippen LogP) is 0.406. The van der Waals surface area contributed by atoms with E-state index in [-0.39, 0.29) is 31.1 Å². The quantitative estimate of drug-likeness (QED) is 0.777. The Labute approximate surface area is 145 Å². The maximum Gasteiger partial charge on any atom is 0.231 e. The molecule has 1 N–H and O–H groups in total. The van der Waals surface area contributed by atoms with Crippen LogP contribution < -0.4 is 14.2 Å². The third kappa shape index (κ3) is 1.53. The first-order valence-electron chi connectivity index (χ1n) is 8.80. The van der Waals surface area contributed by atoms with Crippen LogP contribution in [-0.2, 0) is 21.4 Å². The highest BCUT2D eigenvalue weighted by Crippen LogP contribution is 2.63. The summed E-state index contributed by atoms with van der Waals surface area (Å²) >= 11 is 0. The predicted molar refractivity (Wildman–Crippen MR) is 85.1 cm³/mol. The van der Waals surface area contributed by atoms with Gasteiger partial charge in [0.25, 0.3) is 0 Å². The summed E-state index contributed by atoms with van der Waals surface area (Å²) in [5, 5.41) is 11.1. The second kappa shape index (κ2) is 4.59. The Kier molecular flexibility index (Phi) is 2.68. The summed E-state index contributed by atoms with van der Waals surface area (Å²) in [6.07, 6.45) is 0.508. The molecule has 5 aliphatic rings. The number of hydrogen-bond acceptors (Lipinski definition) is 7. The molecule has 0 aromatic heterocycles. The highest BCUT2D eigenvalue weighted by molar-refractivity contribution is 5.64. The molecule has 134 valence electrons. The fraction of sp³-hybridized carbons (Fsp3) is 0.667. The zero-order valence-corrected chi connectivity index (χ0v) is 14.2. The topological polar surface area (TPSA) is 72.9 Å². The van der Waals surface area contributed by atoms with Gasteiger partial charge in [-0.15, -0.1) is 0 Å². The summed E-state index contributed by atoms with van der Waals surface area (Å²) in [5.74, 6) is 2.10. The SMILES string of the molecule is COc1c2c(cc3c1OCO3)[C@@]13C(C[C@@H](OC)[C@@H]4O[C@@H]41)N(C2)C[C@H]3O. The standard InChI is InChI=1S/C18H21NO6/c1-21-10-4-12-18(17-16(10)25-17)9-3-11-15(24-7-23-11)14(22-2)8(9)5-19(12)6-13(18)20/h3,10,12-13,16-17,20H,4-7H2,1-2H3/t10-,12?,13-,16+,17+,18+/m1/s1. The zero-order valence-electron chi connectivity index (χ0n) is 14.2. The molecule has 7 heteroatoms. The minimum Gasteiger partial charge on any atom is -0.492 e. The van der Waals surface area contributed by atoms with Crippen LogP contribution in [0.5, 0.6) is 17.2 Å². The van der Waals surface area contributed by atoms with Gasteiger partial charge >= 0.3 is 0 Å². The Morgan fingerprint density at radius 2 is 2.20 bits per heavy atom. The summed E-state index contributed by atoms with van der Waals surface area (Å²) in [4.78, 5) is 2.35. The molecule has 6 rings (SSSR count). The third-order valence-electron chi connectivity index (χ3n) is 6.83. The van der Waals surface area contributed by atoms with Crippen LogP contribution in [0.15, 0.2) is 6.07 Å². The van der Waals surface area contributed by atoms with E-state index in [2.05, 4.69) is 4.90 Å². The number of aliphatic hydroxyl groups excluding tert-OH is 1. The minimum atomic E-state index is -0.475. The van der Waals surface area contributed by atoms with Crippen molar-refractivity contribution in [1.82, 2.24) is 4.90 Å². The summed E-state index contributed by atoms with van der Waals surface area (Å²) in [6, 6.07) is 2.25. The number of epoxide rings is 1. The van der Waals surface area contributed by atoms with Crippen LogP contribution >= 0.6 is 0 Å². The molecule has 2 unspecified atom stereocenters. The first-order valence-corrected chi connectivity index (χ1v) is 8.80. The van der Waals surface area contributed by atoms with Gasteiger partial charge in [0.15, 0.2) is 11.5 Å². The zero-order chi connectivity index (χ0) is 16.9. The van der Waals surface area contributed by atoms with Crippen LogP contribution in [0.1, 0.15) is 17.5 Å². The highest BCUT2D eigenvalue weighted by Gasteiger charge is 2.74. The van der Waals surface area contributed by atoms with Gasteiger partial charge in [-0.1, -0.05) is 0 Å². The lowest BCUT2D eigenvalue weighted by molar-refractivity contribution is 0.0134. The number of benzene rings is 1. The summed E-state index contributed by atoms with van der Waals surface area (Å²) < 4.78 is 28.7. The first kappa shape index (κ1) is 14.6. The number of ether oxygens (including phenoxy) is 5. The fourth-order valence-corrected chi connectivity index (χ4v) is 5.82. The summed E-state index contributed by atoms with van der Waals surface area (Å²) in [5.41, 5.74) is 1.74. The van der Waals surface area contributed by atoms with Crippen LogP contribution in [0.25, 0.3) is 0 Å². The van der Waals surface area contributed by atoms with Crippen LogP contribution in [0.4, 0.5) is 0 Å². The molecular weight excluding hydrogens is 326 g/mol. The molecule has 4 heterocycles. The molecule has 0 radical (unpaired) electrons. The molecule has 0 spiro atoms. The lowest BCUT2D eigenvalue weighted by atomic mass is 9.61. The van der Waals surface area contributed by atoms with Gasteiger partial charge in [0.1, 0.15) is 12.2 Å². The van der Waals surface area contributed by atoms with Gasteiger partial charge in [0.2, 0.25) is 12.5 Å². The molecule has 1 saturated carbocycles. The minimum absolute atomic E-state index is 0.0275. The fourth-order valence-electron chi connectivity index (χ4n) is 5.82. The molecule has 2 saturated heterocycles. The Balaban J connectivity index is 1.60. The van der Waals surface area contributed by atoms with Crippen LogP contribution in [0.2, 0.25) is 0 Å². The number of nitrogens with zero attached hydrogens (tertiary/aromatic N) is 1. The molecule has 0 amide bonds. The van der Waals surface area contributed by atoms with Crippen molar-refractivity contribution in [1.29, 1.82) is 0 Å². The molecule has 7 atom stereocenters. The average molecular weight is 347 g/mol. The van der Waals surface area contributed by atoms with Crippen molar-refractivity contribution in [2.45, 2.75) is 48.8 Å². The summed E-state index contributed by atoms with van der Waals surface area (Å²) in [7, 11) is 3.40. The van der Waals surface area contributed by atoms with Gasteiger partial charge in [-0.3, -0.25) is 4.90 Å². The third-order valence-corrected chi connectivity index (χ3v) is 6.83. The number of rotatable bonds is 2. The van der Waals surface area contributed by atoms with Gasteiger partial charge < -0.3 is 28.8 Å². The Hall–Kier alpha value is -1.54. The second-order valence-electron chi connectivity index (χ2n) is 7.59. The van der Waals surface area contributed by atoms with E-state index in [9.17, 15) is 5.11 Å². The Morgan fingerprint density at radius 3 is 3.00 bits per heavy atom. The Morgan fingerprint density at radius 1 is 1.32 bits per heavy atom. The molecule has 4 aliphatic heterocycles. The van der Waals surface area contributed by atoms with Crippen LogP contribution in [0.3, 0.4) is 0 Å². The van der Waals surface area contributed by atoms with Gasteiger partial charge in [-0.2, -0.15) is 0 Å². The number of methoxy groups -OCH3 is 2. The van der Waals surface area contributed by atoms with E-state index in [0.29, 0.717) is 18.0 Å². The lowest BCUT2D eigenvalue weighted by Crippen LogP contribution is -2.59. The molecule has 2 bridgehead atoms. The van der Waals surface area contributed by atoms with Crippen molar-refractivity contribution in [3.8, 4) is 17.2 Å². The maximum atomic E-state index is 11.1. The highest BCUT2D eigenvalue weighted by atomic mass is 16.7. The molecule has 1 aromatic carbocycles. The van der Waals surface area contributed by atoms with E-state index in [0.717, 1.165) is 29.8 Å². The number of fused-ring (bicyclic) bond motifs is 3. The van der Waals surface area contributed by atoms with Crippen molar-refractivity contribution >= 4 is 0 Å². The maximum absolute atomic E-state index is 11.1. The first-order chi connectivity index (χ1) is 12.2. The van der Waals surface area contributed by atoms with Crippen LogP contribution in [-0.4, -0.2) is 68.0 Å². The van der Waals surface area contributed by atoms with Crippen molar-refractivity contribution in [2.75, 3.05) is 27.6 Å². The molecule has 1 aliphatic carbocycles. The second-order valence-corrected chi connectivity index (χ2v) is 7.59. The van der Waals surface area contributed by atoms with E-state index >= 15 is 0 Å². The van der Waals surface area contributed by atoms with E-state index < -0.39 is 11.5 Å². The molecule has 25 heavy (non-hydrogen) atoms. The lowest BCUT2D eigenvalue weighted by Gasteiger charge is -2.47. The largest absolute Gasteiger partial charge is 0.492 e. The van der Waals surface area contributed by atoms with E-state index in [4.69, 9.17) is 23.7 Å². The number of hydrogen-bond donors (Lipinski definition) is 1. The smallest absolute Gasteiger partial charge is 0.231 e. The van der Waals surface area contributed by atoms with Crippen molar-refractivity contribution in [3.63, 3.8) is 0 Å². The Bertz CT molecular complexity index is 768. The average Bonchev–Trinajstić information content (AvgIpc) is 3.24. The van der Waals surface area contributed by atoms with E-state index in [1.807, 2.05) is 6.07 Å². The van der Waals surface area contributed by atoms with Gasteiger partial charge in [-0.25, -0.2) is 0 Å². The van der Waals surface area contributed by atoms with Crippen molar-refractivity contribution in [3.05, 3.63) is 17.2 Å². The normalized spacial score (nSPS) is 44.8. The van der Waals surface area contributed by atoms with Crippen LogP contribution in [0, 0.1) is 0 Å². The van der Waals surface area contributed by atoms with Gasteiger partial charge in [-0.05, 0) is 18.1 Å². The molecule has 1 aromatic rings. The van der Waals surface area contributed by atoms with Crippen molar-refractivity contribution in [2.24, 2.45) is 0 Å². The molecule has 3 fully saturated rings. The monoisotopic (exact) mass is 347 g/mol. The van der Waals surface area contributed by atoms with Gasteiger partial charge in [0, 0.05) is 31.8 Å². The van der Waals surface area contributed by atoms with Crippen molar-refractivity contribution < 1.29 is 28.8 Å². The summed E-state index contributed by atoms with van der Waals surface area (Å²) in [6.45, 7) is 1.57. The number of aliphatic hydroxyl groups is 1. The van der Waals surface area contributed by atoms with E-state index in [1.54, 1.807) is 14.2 Å².